The third-order valence-corrected chi connectivity index (χ3v) is 3.95. The Kier molecular flexibility index (Phi) is 4.12. The number of hydrogen-bond donors (Lipinski definition) is 1. The van der Waals surface area contributed by atoms with Crippen molar-refractivity contribution in [1.29, 1.82) is 0 Å². The number of rotatable bonds is 4. The largest absolute Gasteiger partial charge is 0.461 e. The number of aryl methyl sites for hydroxylation is 1. The highest BCUT2D eigenvalue weighted by atomic mass is 16.5. The monoisotopic (exact) mass is 265 g/mol. The maximum atomic E-state index is 11.9. The Bertz CT molecular complexity index is 468. The average molecular weight is 265 g/mol. The number of nitrogens with two attached hydrogens (primary N) is 1. The zero-order valence-corrected chi connectivity index (χ0v) is 12.0. The summed E-state index contributed by atoms with van der Waals surface area (Å²) in [5, 5.41) is 0. The maximum absolute atomic E-state index is 11.9. The molecule has 1 aliphatic carbocycles. The fourth-order valence-electron chi connectivity index (χ4n) is 2.97. The Hall–Kier alpha value is -1.52. The molecule has 0 radical (unpaired) electrons. The molecule has 0 saturated heterocycles. The molecule has 0 spiro atoms. The second-order valence-corrected chi connectivity index (χ2v) is 5.18. The predicted molar refractivity (Wildman–Crippen MR) is 74.0 cm³/mol. The van der Waals surface area contributed by atoms with Crippen LogP contribution in [-0.4, -0.2) is 22.1 Å². The Balaban J connectivity index is 2.39. The number of ether oxygens (including phenoxy) is 1. The molecule has 2 atom stereocenters. The van der Waals surface area contributed by atoms with Gasteiger partial charge in [0.2, 0.25) is 0 Å². The van der Waals surface area contributed by atoms with Gasteiger partial charge >= 0.3 is 5.97 Å². The lowest BCUT2D eigenvalue weighted by Gasteiger charge is -2.21. The number of aromatic nitrogens is 2. The second kappa shape index (κ2) is 5.63. The Morgan fingerprint density at radius 2 is 2.21 bits per heavy atom. The van der Waals surface area contributed by atoms with Crippen LogP contribution in [0.1, 0.15) is 62.4 Å². The van der Waals surface area contributed by atoms with Gasteiger partial charge in [-0.3, -0.25) is 0 Å². The summed E-state index contributed by atoms with van der Waals surface area (Å²) in [4.78, 5) is 16.3. The number of carbonyl (C=O) groups excluding carboxylic acids is 1. The first-order valence-corrected chi connectivity index (χ1v) is 7.13. The molecule has 106 valence electrons. The van der Waals surface area contributed by atoms with E-state index in [1.54, 1.807) is 6.92 Å². The van der Waals surface area contributed by atoms with Crippen molar-refractivity contribution in [2.45, 2.75) is 52.5 Å². The highest BCUT2D eigenvalue weighted by Gasteiger charge is 2.31. The zero-order chi connectivity index (χ0) is 14.0. The van der Waals surface area contributed by atoms with E-state index >= 15 is 0 Å². The molecule has 1 heterocycles. The van der Waals surface area contributed by atoms with E-state index in [-0.39, 0.29) is 5.69 Å². The van der Waals surface area contributed by atoms with Crippen LogP contribution < -0.4 is 5.73 Å². The van der Waals surface area contributed by atoms with Crippen molar-refractivity contribution in [3.63, 3.8) is 0 Å². The van der Waals surface area contributed by atoms with Crippen molar-refractivity contribution < 1.29 is 9.53 Å². The topological polar surface area (TPSA) is 70.1 Å². The first kappa shape index (κ1) is 13.9. The molecule has 1 aromatic heterocycles. The van der Waals surface area contributed by atoms with Gasteiger partial charge in [0, 0.05) is 12.5 Å². The number of esters is 1. The lowest BCUT2D eigenvalue weighted by atomic mass is 10.1. The summed E-state index contributed by atoms with van der Waals surface area (Å²) < 4.78 is 7.08. The number of nitrogen functional groups attached to an aromatic ring is 1. The van der Waals surface area contributed by atoms with E-state index in [2.05, 4.69) is 16.5 Å². The third-order valence-electron chi connectivity index (χ3n) is 3.95. The van der Waals surface area contributed by atoms with Crippen molar-refractivity contribution >= 4 is 11.8 Å². The van der Waals surface area contributed by atoms with Crippen LogP contribution >= 0.6 is 0 Å². The molecule has 5 nitrogen and oxygen atoms in total. The van der Waals surface area contributed by atoms with E-state index in [1.807, 2.05) is 6.92 Å². The normalized spacial score (nSPS) is 22.7. The maximum Gasteiger partial charge on any atom is 0.360 e. The van der Waals surface area contributed by atoms with E-state index in [9.17, 15) is 4.79 Å². The highest BCUT2D eigenvalue weighted by molar-refractivity contribution is 5.92. The number of anilines is 1. The fraction of sp³-hybridized carbons (Fsp3) is 0.714. The minimum atomic E-state index is -0.418. The number of carbonyl (C=O) groups is 1. The lowest BCUT2D eigenvalue weighted by Crippen LogP contribution is -2.17. The molecule has 2 rings (SSSR count). The summed E-state index contributed by atoms with van der Waals surface area (Å²) in [7, 11) is 0. The minimum Gasteiger partial charge on any atom is -0.461 e. The van der Waals surface area contributed by atoms with E-state index in [0.29, 0.717) is 24.4 Å². The van der Waals surface area contributed by atoms with Gasteiger partial charge in [0.1, 0.15) is 11.6 Å². The summed E-state index contributed by atoms with van der Waals surface area (Å²) in [6.07, 6.45) is 4.30. The molecule has 19 heavy (non-hydrogen) atoms. The van der Waals surface area contributed by atoms with E-state index < -0.39 is 5.97 Å². The first-order valence-electron chi connectivity index (χ1n) is 7.13. The third kappa shape index (κ3) is 2.46. The van der Waals surface area contributed by atoms with Crippen LogP contribution in [0.25, 0.3) is 0 Å². The molecule has 0 amide bonds. The van der Waals surface area contributed by atoms with Gasteiger partial charge in [-0.05, 0) is 25.7 Å². The van der Waals surface area contributed by atoms with Gasteiger partial charge in [-0.1, -0.05) is 20.3 Å². The molecule has 2 unspecified atom stereocenters. The first-order chi connectivity index (χ1) is 9.10. The lowest BCUT2D eigenvalue weighted by molar-refractivity contribution is 0.0521. The minimum absolute atomic E-state index is 0.276. The molecule has 1 aromatic rings. The second-order valence-electron chi connectivity index (χ2n) is 5.18. The van der Waals surface area contributed by atoms with Gasteiger partial charge in [0.25, 0.3) is 0 Å². The summed E-state index contributed by atoms with van der Waals surface area (Å²) in [5.74, 6) is 1.52. The molecule has 0 aliphatic heterocycles. The molecule has 5 heteroatoms. The smallest absolute Gasteiger partial charge is 0.360 e. The van der Waals surface area contributed by atoms with Crippen LogP contribution in [0.5, 0.6) is 0 Å². The summed E-state index contributed by atoms with van der Waals surface area (Å²) in [5.41, 5.74) is 6.43. The van der Waals surface area contributed by atoms with Crippen LogP contribution in [0.4, 0.5) is 5.82 Å². The van der Waals surface area contributed by atoms with Crippen LogP contribution in [0.2, 0.25) is 0 Å². The van der Waals surface area contributed by atoms with Gasteiger partial charge < -0.3 is 15.0 Å². The zero-order valence-electron chi connectivity index (χ0n) is 12.0. The van der Waals surface area contributed by atoms with E-state index in [0.717, 1.165) is 18.7 Å². The predicted octanol–water partition coefficient (Wildman–Crippen LogP) is 2.57. The summed E-state index contributed by atoms with van der Waals surface area (Å²) in [6, 6.07) is 0.366. The van der Waals surface area contributed by atoms with Crippen molar-refractivity contribution in [3.8, 4) is 0 Å². The molecule has 1 saturated carbocycles. The summed E-state index contributed by atoms with van der Waals surface area (Å²) >= 11 is 0. The highest BCUT2D eigenvalue weighted by Crippen LogP contribution is 2.38. The van der Waals surface area contributed by atoms with Crippen molar-refractivity contribution in [1.82, 2.24) is 9.55 Å². The SMILES string of the molecule is CCOC(=O)c1nc(CC)n(C2CCCC2C)c1N. The van der Waals surface area contributed by atoms with Gasteiger partial charge in [0.05, 0.1) is 6.61 Å². The van der Waals surface area contributed by atoms with Crippen molar-refractivity contribution in [2.24, 2.45) is 5.92 Å². The van der Waals surface area contributed by atoms with Crippen molar-refractivity contribution in [2.75, 3.05) is 12.3 Å². The molecule has 1 fully saturated rings. The van der Waals surface area contributed by atoms with Crippen LogP contribution in [0.3, 0.4) is 0 Å². The Morgan fingerprint density at radius 1 is 1.47 bits per heavy atom. The molecule has 1 aliphatic rings. The van der Waals surface area contributed by atoms with Gasteiger partial charge in [-0.15, -0.1) is 0 Å². The number of nitrogens with zero attached hydrogens (tertiary/aromatic N) is 2. The molecular weight excluding hydrogens is 242 g/mol. The van der Waals surface area contributed by atoms with Gasteiger partial charge in [-0.25, -0.2) is 9.78 Å². The van der Waals surface area contributed by atoms with Gasteiger partial charge in [0.15, 0.2) is 5.69 Å². The van der Waals surface area contributed by atoms with Crippen LogP contribution in [0.15, 0.2) is 0 Å². The fourth-order valence-corrected chi connectivity index (χ4v) is 2.97. The van der Waals surface area contributed by atoms with E-state index in [1.165, 1.54) is 12.8 Å². The van der Waals surface area contributed by atoms with E-state index in [4.69, 9.17) is 10.5 Å². The van der Waals surface area contributed by atoms with Gasteiger partial charge in [-0.2, -0.15) is 0 Å². The average Bonchev–Trinajstić information content (AvgIpc) is 2.93. The summed E-state index contributed by atoms with van der Waals surface area (Å²) in [6.45, 7) is 6.39. The van der Waals surface area contributed by atoms with Crippen molar-refractivity contribution in [3.05, 3.63) is 11.5 Å². The molecular formula is C14H23N3O2. The quantitative estimate of drug-likeness (QED) is 0.849. The number of imidazole rings is 1. The molecule has 2 N–H and O–H groups in total. The van der Waals surface area contributed by atoms with Crippen LogP contribution in [-0.2, 0) is 11.2 Å². The number of hydrogen-bond acceptors (Lipinski definition) is 4. The van der Waals surface area contributed by atoms with Crippen LogP contribution in [0, 0.1) is 5.92 Å². The Morgan fingerprint density at radius 3 is 2.74 bits per heavy atom. The Labute approximate surface area is 114 Å². The molecule has 0 aromatic carbocycles. The standard InChI is InChI=1S/C14H23N3O2/c1-4-11-16-12(14(18)19-5-2)13(15)17(11)10-8-6-7-9(10)3/h9-10H,4-8,15H2,1-3H3. The molecule has 0 bridgehead atoms.